The Hall–Kier alpha value is -1.68. The van der Waals surface area contributed by atoms with Crippen molar-refractivity contribution in [1.29, 1.82) is 0 Å². The minimum absolute atomic E-state index is 0.852. The molecule has 2 rings (SSSR count). The minimum Gasteiger partial charge on any atom is -0.313 e. The molecule has 2 heterocycles. The summed E-state index contributed by atoms with van der Waals surface area (Å²) in [5.41, 5.74) is 2.25. The van der Waals surface area contributed by atoms with E-state index >= 15 is 0 Å². The molecule has 0 spiro atoms. The Morgan fingerprint density at radius 1 is 1.38 bits per heavy atom. The normalized spacial score (nSPS) is 10.6. The Morgan fingerprint density at radius 2 is 2.25 bits per heavy atom. The number of pyridine rings is 1. The van der Waals surface area contributed by atoms with Crippen molar-refractivity contribution in [3.63, 3.8) is 0 Å². The van der Waals surface area contributed by atoms with Crippen molar-refractivity contribution in [2.45, 2.75) is 20.4 Å². The number of aromatic nitrogens is 3. The van der Waals surface area contributed by atoms with Crippen LogP contribution in [0, 0.1) is 6.92 Å². The monoisotopic (exact) mass is 216 g/mol. The van der Waals surface area contributed by atoms with Gasteiger partial charge in [-0.2, -0.15) is 0 Å². The second-order valence-electron chi connectivity index (χ2n) is 3.68. The van der Waals surface area contributed by atoms with E-state index in [1.807, 2.05) is 30.1 Å². The molecule has 0 aromatic carbocycles. The van der Waals surface area contributed by atoms with Gasteiger partial charge in [0.05, 0.1) is 11.9 Å². The van der Waals surface area contributed by atoms with Crippen LogP contribution in [0.1, 0.15) is 18.3 Å². The van der Waals surface area contributed by atoms with Gasteiger partial charge in [0.2, 0.25) is 0 Å². The third-order valence-corrected chi connectivity index (χ3v) is 2.46. The van der Waals surface area contributed by atoms with Gasteiger partial charge >= 0.3 is 0 Å². The van der Waals surface area contributed by atoms with Gasteiger partial charge in [-0.05, 0) is 25.1 Å². The lowest BCUT2D eigenvalue weighted by molar-refractivity contribution is 0.723. The lowest BCUT2D eigenvalue weighted by atomic mass is 10.2. The van der Waals surface area contributed by atoms with E-state index in [1.165, 1.54) is 5.56 Å². The van der Waals surface area contributed by atoms with Crippen LogP contribution in [-0.4, -0.2) is 21.1 Å². The maximum Gasteiger partial charge on any atom is 0.110 e. The fraction of sp³-hybridized carbons (Fsp3) is 0.333. The molecule has 0 radical (unpaired) electrons. The van der Waals surface area contributed by atoms with Crippen molar-refractivity contribution < 1.29 is 0 Å². The molecule has 2 aromatic rings. The Kier molecular flexibility index (Phi) is 3.31. The average molecular weight is 216 g/mol. The average Bonchev–Trinajstić information content (AvgIpc) is 2.73. The standard InChI is InChI=1S/C12H16N4/c1-3-13-7-11-6-12(9-14-8-11)16-5-4-15-10(16)2/h4-6,8-9,13H,3,7H2,1-2H3. The summed E-state index contributed by atoms with van der Waals surface area (Å²) < 4.78 is 2.03. The quantitative estimate of drug-likeness (QED) is 0.845. The van der Waals surface area contributed by atoms with Crippen LogP contribution >= 0.6 is 0 Å². The van der Waals surface area contributed by atoms with E-state index in [9.17, 15) is 0 Å². The molecule has 4 nitrogen and oxygen atoms in total. The molecule has 0 amide bonds. The third-order valence-electron chi connectivity index (χ3n) is 2.46. The highest BCUT2D eigenvalue weighted by Crippen LogP contribution is 2.10. The van der Waals surface area contributed by atoms with Crippen LogP contribution < -0.4 is 5.32 Å². The summed E-state index contributed by atoms with van der Waals surface area (Å²) in [5.74, 6) is 0.974. The molecular formula is C12H16N4. The molecule has 4 heteroatoms. The van der Waals surface area contributed by atoms with E-state index in [-0.39, 0.29) is 0 Å². The van der Waals surface area contributed by atoms with Crippen LogP contribution in [0.4, 0.5) is 0 Å². The van der Waals surface area contributed by atoms with E-state index in [0.717, 1.165) is 24.6 Å². The zero-order valence-electron chi connectivity index (χ0n) is 9.64. The maximum atomic E-state index is 4.25. The number of nitrogens with zero attached hydrogens (tertiary/aromatic N) is 3. The Morgan fingerprint density at radius 3 is 2.94 bits per heavy atom. The highest BCUT2D eigenvalue weighted by molar-refractivity contribution is 5.33. The van der Waals surface area contributed by atoms with Gasteiger partial charge in [0.25, 0.3) is 0 Å². The SMILES string of the molecule is CCNCc1cncc(-n2ccnc2C)c1. The number of rotatable bonds is 4. The van der Waals surface area contributed by atoms with Gasteiger partial charge in [0.15, 0.2) is 0 Å². The lowest BCUT2D eigenvalue weighted by Crippen LogP contribution is -2.12. The summed E-state index contributed by atoms with van der Waals surface area (Å²) in [7, 11) is 0. The molecule has 0 fully saturated rings. The first-order valence-electron chi connectivity index (χ1n) is 5.46. The number of aryl methyl sites for hydroxylation is 1. The molecule has 0 aliphatic heterocycles. The van der Waals surface area contributed by atoms with Crippen LogP contribution in [0.2, 0.25) is 0 Å². The van der Waals surface area contributed by atoms with Crippen LogP contribution in [-0.2, 0) is 6.54 Å². The van der Waals surface area contributed by atoms with Crippen LogP contribution in [0.25, 0.3) is 5.69 Å². The summed E-state index contributed by atoms with van der Waals surface area (Å²) in [6.07, 6.45) is 7.48. The molecule has 0 saturated heterocycles. The number of nitrogens with one attached hydrogen (secondary N) is 1. The van der Waals surface area contributed by atoms with Crippen molar-refractivity contribution in [2.24, 2.45) is 0 Å². The van der Waals surface area contributed by atoms with Gasteiger partial charge in [-0.3, -0.25) is 4.98 Å². The van der Waals surface area contributed by atoms with E-state index in [1.54, 1.807) is 6.20 Å². The molecule has 84 valence electrons. The molecule has 0 aliphatic carbocycles. The minimum atomic E-state index is 0.852. The zero-order valence-corrected chi connectivity index (χ0v) is 9.64. The first-order valence-corrected chi connectivity index (χ1v) is 5.46. The summed E-state index contributed by atoms with van der Waals surface area (Å²) in [5, 5.41) is 3.29. The maximum absolute atomic E-state index is 4.25. The zero-order chi connectivity index (χ0) is 11.4. The predicted octanol–water partition coefficient (Wildman–Crippen LogP) is 1.69. The molecule has 0 unspecified atom stereocenters. The molecule has 0 atom stereocenters. The molecule has 0 saturated carbocycles. The summed E-state index contributed by atoms with van der Waals surface area (Å²) >= 11 is 0. The smallest absolute Gasteiger partial charge is 0.110 e. The summed E-state index contributed by atoms with van der Waals surface area (Å²) in [4.78, 5) is 8.45. The second kappa shape index (κ2) is 4.90. The highest BCUT2D eigenvalue weighted by atomic mass is 15.1. The van der Waals surface area contributed by atoms with Crippen LogP contribution in [0.3, 0.4) is 0 Å². The summed E-state index contributed by atoms with van der Waals surface area (Å²) in [6, 6.07) is 2.13. The van der Waals surface area contributed by atoms with Gasteiger partial charge in [0.1, 0.15) is 5.82 Å². The predicted molar refractivity (Wildman–Crippen MR) is 63.5 cm³/mol. The van der Waals surface area contributed by atoms with Gasteiger partial charge in [0, 0.05) is 25.1 Å². The second-order valence-corrected chi connectivity index (χ2v) is 3.68. The Bertz CT molecular complexity index is 462. The molecule has 16 heavy (non-hydrogen) atoms. The van der Waals surface area contributed by atoms with Crippen LogP contribution in [0.5, 0.6) is 0 Å². The van der Waals surface area contributed by atoms with E-state index in [4.69, 9.17) is 0 Å². The number of imidazole rings is 1. The van der Waals surface area contributed by atoms with E-state index < -0.39 is 0 Å². The van der Waals surface area contributed by atoms with Crippen molar-refractivity contribution in [1.82, 2.24) is 19.9 Å². The van der Waals surface area contributed by atoms with Gasteiger partial charge in [-0.15, -0.1) is 0 Å². The highest BCUT2D eigenvalue weighted by Gasteiger charge is 2.01. The molecule has 2 aromatic heterocycles. The van der Waals surface area contributed by atoms with Crippen molar-refractivity contribution in [2.75, 3.05) is 6.54 Å². The molecular weight excluding hydrogens is 200 g/mol. The fourth-order valence-electron chi connectivity index (χ4n) is 1.62. The molecule has 0 aliphatic rings. The largest absolute Gasteiger partial charge is 0.313 e. The third kappa shape index (κ3) is 2.28. The first kappa shape index (κ1) is 10.8. The molecule has 1 N–H and O–H groups in total. The fourth-order valence-corrected chi connectivity index (χ4v) is 1.62. The van der Waals surface area contributed by atoms with Gasteiger partial charge in [-0.1, -0.05) is 6.92 Å². The van der Waals surface area contributed by atoms with Crippen molar-refractivity contribution in [3.8, 4) is 5.69 Å². The van der Waals surface area contributed by atoms with Gasteiger partial charge in [-0.25, -0.2) is 4.98 Å². The van der Waals surface area contributed by atoms with Gasteiger partial charge < -0.3 is 9.88 Å². The van der Waals surface area contributed by atoms with E-state index in [2.05, 4.69) is 28.3 Å². The van der Waals surface area contributed by atoms with Crippen molar-refractivity contribution >= 4 is 0 Å². The number of hydrogen-bond acceptors (Lipinski definition) is 3. The van der Waals surface area contributed by atoms with Crippen LogP contribution in [0.15, 0.2) is 30.9 Å². The van der Waals surface area contributed by atoms with E-state index in [0.29, 0.717) is 0 Å². The lowest BCUT2D eigenvalue weighted by Gasteiger charge is -2.07. The Balaban J connectivity index is 2.26. The summed E-state index contributed by atoms with van der Waals surface area (Å²) in [6.45, 7) is 5.90. The number of hydrogen-bond donors (Lipinski definition) is 1. The Labute approximate surface area is 95.4 Å². The molecule has 0 bridgehead atoms. The van der Waals surface area contributed by atoms with Crippen molar-refractivity contribution in [3.05, 3.63) is 42.2 Å². The topological polar surface area (TPSA) is 42.7 Å². The first-order chi connectivity index (χ1) is 7.81.